The SMILES string of the molecule is COc1cc(CC(=O)NC(CC(C)C)c2cc(CC(NC(C)=O)C(=O)O)cs2)ccc1NC(=O)Nc1ccccc1C. The molecule has 11 heteroatoms. The Hall–Kier alpha value is -4.38. The van der Waals surface area contributed by atoms with Gasteiger partial charge in [0, 0.05) is 23.9 Å². The molecule has 0 bridgehead atoms. The highest BCUT2D eigenvalue weighted by atomic mass is 32.1. The van der Waals surface area contributed by atoms with Crippen molar-refractivity contribution in [1.29, 1.82) is 0 Å². The van der Waals surface area contributed by atoms with E-state index in [0.717, 1.165) is 16.0 Å². The van der Waals surface area contributed by atoms with E-state index in [1.54, 1.807) is 18.2 Å². The fraction of sp³-hybridized carbons (Fsp3) is 0.355. The summed E-state index contributed by atoms with van der Waals surface area (Å²) in [5, 5.41) is 22.5. The van der Waals surface area contributed by atoms with Gasteiger partial charge < -0.3 is 31.1 Å². The highest BCUT2D eigenvalue weighted by molar-refractivity contribution is 7.10. The Morgan fingerprint density at radius 2 is 1.67 bits per heavy atom. The van der Waals surface area contributed by atoms with E-state index in [1.807, 2.05) is 42.6 Å². The van der Waals surface area contributed by atoms with Crippen LogP contribution in [0.4, 0.5) is 16.2 Å². The Bertz CT molecular complexity index is 1420. The van der Waals surface area contributed by atoms with Gasteiger partial charge in [0.1, 0.15) is 11.8 Å². The predicted molar refractivity (Wildman–Crippen MR) is 164 cm³/mol. The smallest absolute Gasteiger partial charge is 0.326 e. The van der Waals surface area contributed by atoms with Gasteiger partial charge in [0.15, 0.2) is 0 Å². The molecule has 1 heterocycles. The Labute approximate surface area is 249 Å². The molecule has 5 N–H and O–H groups in total. The van der Waals surface area contributed by atoms with Crippen molar-refractivity contribution < 1.29 is 29.0 Å². The van der Waals surface area contributed by atoms with Crippen LogP contribution in [0.1, 0.15) is 54.8 Å². The maximum Gasteiger partial charge on any atom is 0.326 e. The first-order valence-corrected chi connectivity index (χ1v) is 14.5. The fourth-order valence-electron chi connectivity index (χ4n) is 4.45. The predicted octanol–water partition coefficient (Wildman–Crippen LogP) is 5.29. The van der Waals surface area contributed by atoms with Crippen LogP contribution < -0.4 is 26.0 Å². The number of carboxylic acid groups (broad SMARTS) is 1. The summed E-state index contributed by atoms with van der Waals surface area (Å²) in [6.45, 7) is 7.32. The number of amides is 4. The maximum absolute atomic E-state index is 13.1. The molecule has 0 fully saturated rings. The van der Waals surface area contributed by atoms with Crippen molar-refractivity contribution in [2.24, 2.45) is 5.92 Å². The van der Waals surface area contributed by atoms with Gasteiger partial charge in [-0.3, -0.25) is 9.59 Å². The van der Waals surface area contributed by atoms with Gasteiger partial charge in [-0.25, -0.2) is 9.59 Å². The average Bonchev–Trinajstić information content (AvgIpc) is 3.38. The van der Waals surface area contributed by atoms with E-state index < -0.39 is 23.9 Å². The van der Waals surface area contributed by atoms with Crippen LogP contribution in [0.15, 0.2) is 53.9 Å². The molecule has 2 aromatic carbocycles. The lowest BCUT2D eigenvalue weighted by Gasteiger charge is -2.20. The first-order valence-electron chi connectivity index (χ1n) is 13.6. The number of nitrogens with one attached hydrogen (secondary N) is 4. The van der Waals surface area contributed by atoms with Crippen molar-refractivity contribution in [3.63, 3.8) is 0 Å². The number of carbonyl (C=O) groups excluding carboxylic acids is 3. The number of thiophene rings is 1. The lowest BCUT2D eigenvalue weighted by atomic mass is 10.0. The molecule has 0 saturated heterocycles. The van der Waals surface area contributed by atoms with Crippen LogP contribution in [0.5, 0.6) is 5.75 Å². The van der Waals surface area contributed by atoms with Crippen molar-refractivity contribution in [1.82, 2.24) is 10.6 Å². The van der Waals surface area contributed by atoms with Crippen LogP contribution in [0.2, 0.25) is 0 Å². The Balaban J connectivity index is 1.67. The third-order valence-electron chi connectivity index (χ3n) is 6.45. The maximum atomic E-state index is 13.1. The third kappa shape index (κ3) is 9.62. The zero-order valence-corrected chi connectivity index (χ0v) is 25.3. The summed E-state index contributed by atoms with van der Waals surface area (Å²) in [5.41, 5.74) is 3.59. The number of hydrogen-bond donors (Lipinski definition) is 5. The zero-order valence-electron chi connectivity index (χ0n) is 24.4. The van der Waals surface area contributed by atoms with E-state index in [2.05, 4.69) is 35.1 Å². The molecule has 0 saturated carbocycles. The Morgan fingerprint density at radius 1 is 0.952 bits per heavy atom. The van der Waals surface area contributed by atoms with Crippen molar-refractivity contribution in [2.45, 2.75) is 59.0 Å². The average molecular weight is 595 g/mol. The second-order valence-electron chi connectivity index (χ2n) is 10.5. The number of methoxy groups -OCH3 is 1. The van der Waals surface area contributed by atoms with Crippen LogP contribution in [-0.4, -0.2) is 42.1 Å². The van der Waals surface area contributed by atoms with Crippen molar-refractivity contribution >= 4 is 46.5 Å². The van der Waals surface area contributed by atoms with Crippen LogP contribution in [0.25, 0.3) is 0 Å². The standard InChI is InChI=1S/C31H38N4O6S/c1-18(2)12-25(28-15-22(17-42-28)13-26(30(38)39)32-20(4)36)33-29(37)16-21-10-11-24(27(14-21)41-5)35-31(40)34-23-9-7-6-8-19(23)3/h6-11,14-15,17-18,25-26H,12-13,16H2,1-5H3,(H,32,36)(H,33,37)(H,38,39)(H2,34,35,40). The number of para-hydroxylation sites is 1. The fourth-order valence-corrected chi connectivity index (χ4v) is 5.44. The zero-order chi connectivity index (χ0) is 30.8. The molecule has 0 spiro atoms. The number of ether oxygens (including phenoxy) is 1. The summed E-state index contributed by atoms with van der Waals surface area (Å²) < 4.78 is 5.48. The summed E-state index contributed by atoms with van der Waals surface area (Å²) in [4.78, 5) is 49.5. The number of aryl methyl sites for hydroxylation is 1. The van der Waals surface area contributed by atoms with Crippen molar-refractivity contribution in [3.8, 4) is 5.75 Å². The Kier molecular flexibility index (Phi) is 11.5. The second-order valence-corrected chi connectivity index (χ2v) is 11.5. The molecule has 0 aliphatic heterocycles. The quantitative estimate of drug-likeness (QED) is 0.182. The summed E-state index contributed by atoms with van der Waals surface area (Å²) in [5.74, 6) is -0.975. The minimum Gasteiger partial charge on any atom is -0.495 e. The molecule has 2 unspecified atom stereocenters. The van der Waals surface area contributed by atoms with E-state index in [4.69, 9.17) is 4.74 Å². The number of urea groups is 1. The second kappa shape index (κ2) is 15.0. The number of anilines is 2. The molecule has 0 radical (unpaired) electrons. The minimum absolute atomic E-state index is 0.0997. The number of aliphatic carboxylic acids is 1. The Morgan fingerprint density at radius 3 is 2.31 bits per heavy atom. The van der Waals surface area contributed by atoms with Gasteiger partial charge in [-0.2, -0.15) is 0 Å². The molecular formula is C31H38N4O6S. The number of carbonyl (C=O) groups is 4. The van der Waals surface area contributed by atoms with Gasteiger partial charge in [-0.1, -0.05) is 38.1 Å². The van der Waals surface area contributed by atoms with E-state index in [9.17, 15) is 24.3 Å². The number of benzene rings is 2. The van der Waals surface area contributed by atoms with Crippen LogP contribution in [-0.2, 0) is 27.2 Å². The molecule has 2 atom stereocenters. The summed E-state index contributed by atoms with van der Waals surface area (Å²) in [6.07, 6.45) is 0.946. The van der Waals surface area contributed by atoms with Gasteiger partial charge in [0.25, 0.3) is 0 Å². The lowest BCUT2D eigenvalue weighted by molar-refractivity contribution is -0.141. The van der Waals surface area contributed by atoms with Crippen LogP contribution in [0, 0.1) is 12.8 Å². The molecule has 1 aromatic heterocycles. The molecule has 10 nitrogen and oxygen atoms in total. The number of hydrogen-bond acceptors (Lipinski definition) is 6. The first kappa shape index (κ1) is 32.1. The molecule has 0 aliphatic rings. The minimum atomic E-state index is -1.10. The van der Waals surface area contributed by atoms with Crippen molar-refractivity contribution in [3.05, 3.63) is 75.5 Å². The largest absolute Gasteiger partial charge is 0.495 e. The highest BCUT2D eigenvalue weighted by Gasteiger charge is 2.23. The normalized spacial score (nSPS) is 12.2. The number of carboxylic acids is 1. The topological polar surface area (TPSA) is 146 Å². The van der Waals surface area contributed by atoms with E-state index in [0.29, 0.717) is 35.0 Å². The number of rotatable bonds is 13. The van der Waals surface area contributed by atoms with Crippen LogP contribution in [0.3, 0.4) is 0 Å². The third-order valence-corrected chi connectivity index (χ3v) is 7.54. The molecule has 42 heavy (non-hydrogen) atoms. The van der Waals surface area contributed by atoms with Crippen molar-refractivity contribution in [2.75, 3.05) is 17.7 Å². The molecule has 0 aliphatic carbocycles. The van der Waals surface area contributed by atoms with Gasteiger partial charge in [0.2, 0.25) is 11.8 Å². The van der Waals surface area contributed by atoms with E-state index >= 15 is 0 Å². The first-order chi connectivity index (χ1) is 19.9. The monoisotopic (exact) mass is 594 g/mol. The molecule has 4 amide bonds. The molecule has 224 valence electrons. The molecule has 3 rings (SSSR count). The van der Waals surface area contributed by atoms with Gasteiger partial charge >= 0.3 is 12.0 Å². The molecular weight excluding hydrogens is 556 g/mol. The van der Waals surface area contributed by atoms with Gasteiger partial charge in [0.05, 0.1) is 25.3 Å². The highest BCUT2D eigenvalue weighted by Crippen LogP contribution is 2.29. The van der Waals surface area contributed by atoms with E-state index in [-0.39, 0.29) is 24.8 Å². The summed E-state index contributed by atoms with van der Waals surface area (Å²) in [6, 6.07) is 12.8. The summed E-state index contributed by atoms with van der Waals surface area (Å²) in [7, 11) is 1.50. The summed E-state index contributed by atoms with van der Waals surface area (Å²) >= 11 is 1.45. The lowest BCUT2D eigenvalue weighted by Crippen LogP contribution is -2.41. The van der Waals surface area contributed by atoms with Crippen LogP contribution >= 0.6 is 11.3 Å². The van der Waals surface area contributed by atoms with Gasteiger partial charge in [-0.05, 0) is 65.6 Å². The van der Waals surface area contributed by atoms with E-state index in [1.165, 1.54) is 25.4 Å². The molecule has 3 aromatic rings. The van der Waals surface area contributed by atoms with Gasteiger partial charge in [-0.15, -0.1) is 11.3 Å².